The third-order valence-corrected chi connectivity index (χ3v) is 4.89. The Morgan fingerprint density at radius 3 is 3.00 bits per heavy atom. The molecule has 2 nitrogen and oxygen atoms in total. The average molecular weight is 289 g/mol. The normalized spacial score (nSPS) is 28.2. The van der Waals surface area contributed by atoms with Crippen LogP contribution in [0.5, 0.6) is 0 Å². The molecule has 15 heavy (non-hydrogen) atoms. The van der Waals surface area contributed by atoms with Crippen molar-refractivity contribution in [1.82, 2.24) is 4.90 Å². The van der Waals surface area contributed by atoms with E-state index in [1.54, 1.807) is 0 Å². The fraction of sp³-hybridized carbons (Fsp3) is 0.636. The monoisotopic (exact) mass is 288 g/mol. The van der Waals surface area contributed by atoms with Gasteiger partial charge in [-0.2, -0.15) is 0 Å². The van der Waals surface area contributed by atoms with Gasteiger partial charge in [-0.15, -0.1) is 11.3 Å². The Morgan fingerprint density at radius 2 is 2.40 bits per heavy atom. The second kappa shape index (κ2) is 4.95. The predicted molar refractivity (Wildman–Crippen MR) is 69.2 cm³/mol. The zero-order chi connectivity index (χ0) is 10.8. The van der Waals surface area contributed by atoms with Crippen molar-refractivity contribution in [2.75, 3.05) is 20.1 Å². The van der Waals surface area contributed by atoms with Crippen molar-refractivity contribution in [2.45, 2.75) is 18.9 Å². The van der Waals surface area contributed by atoms with E-state index in [1.165, 1.54) is 28.0 Å². The SMILES string of the molecule is CN1CCCC(CN)C1c1ccc(Br)s1. The van der Waals surface area contributed by atoms with Gasteiger partial charge < -0.3 is 5.73 Å². The van der Waals surface area contributed by atoms with Crippen LogP contribution in [0.3, 0.4) is 0 Å². The van der Waals surface area contributed by atoms with Gasteiger partial charge in [0.05, 0.1) is 3.79 Å². The molecule has 0 aliphatic carbocycles. The molecule has 4 heteroatoms. The lowest BCUT2D eigenvalue weighted by Crippen LogP contribution is -2.38. The molecule has 0 radical (unpaired) electrons. The summed E-state index contributed by atoms with van der Waals surface area (Å²) >= 11 is 5.37. The molecule has 84 valence electrons. The van der Waals surface area contributed by atoms with Crippen molar-refractivity contribution in [3.05, 3.63) is 20.8 Å². The van der Waals surface area contributed by atoms with Gasteiger partial charge in [-0.05, 0) is 67.0 Å². The van der Waals surface area contributed by atoms with E-state index in [1.807, 2.05) is 11.3 Å². The number of nitrogens with two attached hydrogens (primary N) is 1. The first-order valence-electron chi connectivity index (χ1n) is 5.38. The van der Waals surface area contributed by atoms with E-state index in [2.05, 4.69) is 40.0 Å². The summed E-state index contributed by atoms with van der Waals surface area (Å²) in [5.74, 6) is 0.620. The Kier molecular flexibility index (Phi) is 3.83. The van der Waals surface area contributed by atoms with Gasteiger partial charge in [0, 0.05) is 10.9 Å². The largest absolute Gasteiger partial charge is 0.330 e. The van der Waals surface area contributed by atoms with Crippen molar-refractivity contribution < 1.29 is 0 Å². The minimum Gasteiger partial charge on any atom is -0.330 e. The van der Waals surface area contributed by atoms with E-state index in [9.17, 15) is 0 Å². The van der Waals surface area contributed by atoms with Gasteiger partial charge >= 0.3 is 0 Å². The Hall–Kier alpha value is 0.1000. The summed E-state index contributed by atoms with van der Waals surface area (Å²) in [4.78, 5) is 3.89. The minimum atomic E-state index is 0.528. The van der Waals surface area contributed by atoms with Crippen molar-refractivity contribution in [3.8, 4) is 0 Å². The lowest BCUT2D eigenvalue weighted by Gasteiger charge is -2.38. The highest BCUT2D eigenvalue weighted by atomic mass is 79.9. The molecule has 1 aliphatic rings. The number of likely N-dealkylation sites (tertiary alicyclic amines) is 1. The standard InChI is InChI=1S/C11H17BrN2S/c1-14-6-2-3-8(7-13)11(14)9-4-5-10(12)15-9/h4-5,8,11H,2-3,6-7,13H2,1H3. The molecule has 1 fully saturated rings. The third-order valence-electron chi connectivity index (χ3n) is 3.20. The Morgan fingerprint density at radius 1 is 1.60 bits per heavy atom. The Labute approximate surface area is 104 Å². The first-order chi connectivity index (χ1) is 7.22. The maximum atomic E-state index is 5.87. The van der Waals surface area contributed by atoms with E-state index in [4.69, 9.17) is 5.73 Å². The summed E-state index contributed by atoms with van der Waals surface area (Å²) in [6, 6.07) is 4.89. The molecule has 0 saturated carbocycles. The molecule has 1 aromatic rings. The highest BCUT2D eigenvalue weighted by molar-refractivity contribution is 9.11. The Balaban J connectivity index is 2.22. The van der Waals surface area contributed by atoms with E-state index in [0.717, 1.165) is 6.54 Å². The summed E-state index contributed by atoms with van der Waals surface area (Å²) in [5, 5.41) is 0. The Bertz CT molecular complexity index is 326. The molecule has 2 rings (SSSR count). The summed E-state index contributed by atoms with van der Waals surface area (Å²) in [6.45, 7) is 1.99. The van der Waals surface area contributed by atoms with Gasteiger partial charge in [-0.3, -0.25) is 4.90 Å². The number of halogens is 1. The van der Waals surface area contributed by atoms with E-state index in [-0.39, 0.29) is 0 Å². The maximum Gasteiger partial charge on any atom is 0.0701 e. The quantitative estimate of drug-likeness (QED) is 0.907. The van der Waals surface area contributed by atoms with Gasteiger partial charge in [-0.25, -0.2) is 0 Å². The number of thiophene rings is 1. The van der Waals surface area contributed by atoms with Crippen LogP contribution in [0.4, 0.5) is 0 Å². The molecule has 1 saturated heterocycles. The number of rotatable bonds is 2. The molecule has 2 atom stereocenters. The van der Waals surface area contributed by atoms with Crippen LogP contribution in [-0.2, 0) is 0 Å². The fourth-order valence-corrected chi connectivity index (χ4v) is 4.13. The molecular formula is C11H17BrN2S. The van der Waals surface area contributed by atoms with Crippen LogP contribution < -0.4 is 5.73 Å². The second-order valence-corrected chi connectivity index (χ2v) is 6.70. The number of piperidine rings is 1. The molecule has 0 bridgehead atoms. The summed E-state index contributed by atoms with van der Waals surface area (Å²) in [5.41, 5.74) is 5.87. The maximum absolute atomic E-state index is 5.87. The van der Waals surface area contributed by atoms with Crippen LogP contribution in [0, 0.1) is 5.92 Å². The molecule has 0 aromatic carbocycles. The molecule has 2 heterocycles. The molecule has 2 N–H and O–H groups in total. The average Bonchev–Trinajstić information content (AvgIpc) is 2.64. The number of nitrogens with zero attached hydrogens (tertiary/aromatic N) is 1. The summed E-state index contributed by atoms with van der Waals surface area (Å²) in [6.07, 6.45) is 2.54. The first kappa shape index (κ1) is 11.6. The predicted octanol–water partition coefficient (Wildman–Crippen LogP) is 2.85. The number of hydrogen-bond acceptors (Lipinski definition) is 3. The van der Waals surface area contributed by atoms with Crippen molar-refractivity contribution in [2.24, 2.45) is 11.7 Å². The van der Waals surface area contributed by atoms with Crippen molar-refractivity contribution in [3.63, 3.8) is 0 Å². The van der Waals surface area contributed by atoms with Gasteiger partial charge in [0.1, 0.15) is 0 Å². The summed E-state index contributed by atoms with van der Waals surface area (Å²) < 4.78 is 1.22. The third kappa shape index (κ3) is 2.44. The molecular weight excluding hydrogens is 272 g/mol. The lowest BCUT2D eigenvalue weighted by molar-refractivity contribution is 0.128. The van der Waals surface area contributed by atoms with E-state index >= 15 is 0 Å². The van der Waals surface area contributed by atoms with E-state index in [0.29, 0.717) is 12.0 Å². The zero-order valence-corrected chi connectivity index (χ0v) is 11.4. The van der Waals surface area contributed by atoms with Gasteiger partial charge in [0.15, 0.2) is 0 Å². The topological polar surface area (TPSA) is 29.3 Å². The molecule has 0 amide bonds. The highest BCUT2D eigenvalue weighted by Gasteiger charge is 2.30. The van der Waals surface area contributed by atoms with Gasteiger partial charge in [0.25, 0.3) is 0 Å². The molecule has 2 unspecified atom stereocenters. The first-order valence-corrected chi connectivity index (χ1v) is 6.99. The van der Waals surface area contributed by atoms with Crippen LogP contribution in [0.25, 0.3) is 0 Å². The molecule has 1 aliphatic heterocycles. The van der Waals surface area contributed by atoms with Crippen LogP contribution in [-0.4, -0.2) is 25.0 Å². The van der Waals surface area contributed by atoms with Crippen molar-refractivity contribution in [1.29, 1.82) is 0 Å². The zero-order valence-electron chi connectivity index (χ0n) is 8.95. The smallest absolute Gasteiger partial charge is 0.0701 e. The lowest BCUT2D eigenvalue weighted by atomic mass is 9.88. The number of hydrogen-bond donors (Lipinski definition) is 1. The fourth-order valence-electron chi connectivity index (χ4n) is 2.44. The van der Waals surface area contributed by atoms with Gasteiger partial charge in [0.2, 0.25) is 0 Å². The molecule has 1 aromatic heterocycles. The molecule has 0 spiro atoms. The summed E-state index contributed by atoms with van der Waals surface area (Å²) in [7, 11) is 2.21. The highest BCUT2D eigenvalue weighted by Crippen LogP contribution is 2.38. The van der Waals surface area contributed by atoms with Crippen LogP contribution >= 0.6 is 27.3 Å². The van der Waals surface area contributed by atoms with Crippen molar-refractivity contribution >= 4 is 27.3 Å². The van der Waals surface area contributed by atoms with E-state index < -0.39 is 0 Å². The van der Waals surface area contributed by atoms with Crippen LogP contribution in [0.1, 0.15) is 23.8 Å². The van der Waals surface area contributed by atoms with Crippen LogP contribution in [0.15, 0.2) is 15.9 Å². The van der Waals surface area contributed by atoms with Gasteiger partial charge in [-0.1, -0.05) is 0 Å². The minimum absolute atomic E-state index is 0.528. The van der Waals surface area contributed by atoms with Crippen LogP contribution in [0.2, 0.25) is 0 Å². The second-order valence-electron chi connectivity index (χ2n) is 4.21.